The van der Waals surface area contributed by atoms with Crippen molar-refractivity contribution in [2.45, 2.75) is 25.8 Å². The van der Waals surface area contributed by atoms with Crippen LogP contribution in [0.5, 0.6) is 0 Å². The van der Waals surface area contributed by atoms with Crippen molar-refractivity contribution in [3.63, 3.8) is 0 Å². The van der Waals surface area contributed by atoms with Crippen LogP contribution in [-0.2, 0) is 4.74 Å². The molecule has 20 heavy (non-hydrogen) atoms. The van der Waals surface area contributed by atoms with Gasteiger partial charge in [-0.2, -0.15) is 0 Å². The lowest BCUT2D eigenvalue weighted by Crippen LogP contribution is -2.42. The highest BCUT2D eigenvalue weighted by Gasteiger charge is 2.23. The van der Waals surface area contributed by atoms with Gasteiger partial charge in [0.05, 0.1) is 6.61 Å². The summed E-state index contributed by atoms with van der Waals surface area (Å²) >= 11 is 3.34. The minimum atomic E-state index is -0.264. The lowest BCUT2D eigenvalue weighted by atomic mass is 10.1. The molecule has 1 aliphatic heterocycles. The minimum Gasteiger partial charge on any atom is -0.450 e. The van der Waals surface area contributed by atoms with Crippen molar-refractivity contribution in [3.8, 4) is 0 Å². The summed E-state index contributed by atoms with van der Waals surface area (Å²) in [6.45, 7) is 3.56. The molecule has 1 amide bonds. The van der Waals surface area contributed by atoms with Crippen molar-refractivity contribution in [3.05, 3.63) is 28.5 Å². The van der Waals surface area contributed by atoms with E-state index in [0.717, 1.165) is 18.5 Å². The van der Waals surface area contributed by atoms with Gasteiger partial charge in [-0.15, -0.1) is 0 Å². The number of ether oxygens (including phenoxy) is 1. The maximum Gasteiger partial charge on any atom is 0.409 e. The molecule has 0 atom stereocenters. The summed E-state index contributed by atoms with van der Waals surface area (Å²) < 4.78 is 18.7. The van der Waals surface area contributed by atoms with Crippen molar-refractivity contribution in [1.29, 1.82) is 0 Å². The molecule has 110 valence electrons. The van der Waals surface area contributed by atoms with Crippen molar-refractivity contribution in [2.24, 2.45) is 0 Å². The number of carbonyl (C=O) groups is 1. The number of anilines is 1. The molecule has 6 heteroatoms. The lowest BCUT2D eigenvalue weighted by molar-refractivity contribution is 0.0983. The molecule has 0 unspecified atom stereocenters. The van der Waals surface area contributed by atoms with Gasteiger partial charge in [-0.05, 0) is 53.9 Å². The standard InChI is InChI=1S/C14H18BrFN2O2/c1-2-20-14(19)18-7-5-11(6-8-18)17-13-4-3-10(16)9-12(13)15/h3-4,9,11,17H,2,5-8H2,1H3. The van der Waals surface area contributed by atoms with Crippen LogP contribution in [0.2, 0.25) is 0 Å². The molecule has 0 saturated carbocycles. The zero-order valence-electron chi connectivity index (χ0n) is 11.4. The van der Waals surface area contributed by atoms with Gasteiger partial charge in [0.1, 0.15) is 5.82 Å². The second kappa shape index (κ2) is 6.92. The summed E-state index contributed by atoms with van der Waals surface area (Å²) in [5.74, 6) is -0.264. The second-order valence-electron chi connectivity index (χ2n) is 4.73. The molecule has 1 N–H and O–H groups in total. The highest BCUT2D eigenvalue weighted by atomic mass is 79.9. The number of carbonyl (C=O) groups excluding carboxylic acids is 1. The van der Waals surface area contributed by atoms with Crippen LogP contribution in [0.3, 0.4) is 0 Å². The smallest absolute Gasteiger partial charge is 0.409 e. The highest BCUT2D eigenvalue weighted by Crippen LogP contribution is 2.25. The number of halogens is 2. The molecule has 1 saturated heterocycles. The number of amides is 1. The second-order valence-corrected chi connectivity index (χ2v) is 5.58. The third-order valence-corrected chi connectivity index (χ3v) is 3.97. The highest BCUT2D eigenvalue weighted by molar-refractivity contribution is 9.10. The van der Waals surface area contributed by atoms with Gasteiger partial charge in [0, 0.05) is 29.3 Å². The van der Waals surface area contributed by atoms with E-state index in [4.69, 9.17) is 4.74 Å². The van der Waals surface area contributed by atoms with E-state index in [2.05, 4.69) is 21.2 Å². The summed E-state index contributed by atoms with van der Waals surface area (Å²) in [5, 5.41) is 3.38. The van der Waals surface area contributed by atoms with Crippen LogP contribution in [0.25, 0.3) is 0 Å². The Bertz CT molecular complexity index is 476. The normalized spacial score (nSPS) is 16.1. The van der Waals surface area contributed by atoms with Gasteiger partial charge in [-0.1, -0.05) is 0 Å². The Morgan fingerprint density at radius 3 is 2.80 bits per heavy atom. The zero-order chi connectivity index (χ0) is 14.5. The van der Waals surface area contributed by atoms with Gasteiger partial charge in [-0.25, -0.2) is 9.18 Å². The zero-order valence-corrected chi connectivity index (χ0v) is 13.0. The molecule has 0 bridgehead atoms. The van der Waals surface area contributed by atoms with Gasteiger partial charge in [0.15, 0.2) is 0 Å². The number of likely N-dealkylation sites (tertiary alicyclic amines) is 1. The fraction of sp³-hybridized carbons (Fsp3) is 0.500. The van der Waals surface area contributed by atoms with E-state index < -0.39 is 0 Å². The number of rotatable bonds is 3. The molecule has 1 aliphatic rings. The molecule has 0 aliphatic carbocycles. The van der Waals surface area contributed by atoms with E-state index in [0.29, 0.717) is 24.2 Å². The third-order valence-electron chi connectivity index (χ3n) is 3.31. The van der Waals surface area contributed by atoms with Crippen LogP contribution in [0.1, 0.15) is 19.8 Å². The Morgan fingerprint density at radius 1 is 1.50 bits per heavy atom. The molecule has 1 aromatic carbocycles. The fourth-order valence-electron chi connectivity index (χ4n) is 2.25. The van der Waals surface area contributed by atoms with E-state index in [1.165, 1.54) is 12.1 Å². The Balaban J connectivity index is 1.86. The van der Waals surface area contributed by atoms with Crippen LogP contribution in [0.4, 0.5) is 14.9 Å². The van der Waals surface area contributed by atoms with E-state index >= 15 is 0 Å². The van der Waals surface area contributed by atoms with Crippen LogP contribution in [0.15, 0.2) is 22.7 Å². The van der Waals surface area contributed by atoms with Gasteiger partial charge >= 0.3 is 6.09 Å². The molecule has 0 aromatic heterocycles. The van der Waals surface area contributed by atoms with Crippen LogP contribution >= 0.6 is 15.9 Å². The Kier molecular flexibility index (Phi) is 5.23. The van der Waals surface area contributed by atoms with Gasteiger partial charge in [0.25, 0.3) is 0 Å². The topological polar surface area (TPSA) is 41.6 Å². The van der Waals surface area contributed by atoms with Gasteiger partial charge < -0.3 is 15.0 Å². The van der Waals surface area contributed by atoms with Crippen molar-refractivity contribution in [2.75, 3.05) is 25.0 Å². The monoisotopic (exact) mass is 344 g/mol. The number of hydrogen-bond acceptors (Lipinski definition) is 3. The first-order valence-electron chi connectivity index (χ1n) is 6.73. The molecule has 1 aromatic rings. The summed E-state index contributed by atoms with van der Waals surface area (Å²) in [5.41, 5.74) is 0.876. The first-order chi connectivity index (χ1) is 9.60. The number of hydrogen-bond donors (Lipinski definition) is 1. The summed E-state index contributed by atoms with van der Waals surface area (Å²) in [4.78, 5) is 13.3. The van der Waals surface area contributed by atoms with Crippen LogP contribution in [0, 0.1) is 5.82 Å². The fourth-order valence-corrected chi connectivity index (χ4v) is 2.71. The predicted octanol–water partition coefficient (Wildman–Crippen LogP) is 3.62. The minimum absolute atomic E-state index is 0.242. The first kappa shape index (κ1) is 15.1. The lowest BCUT2D eigenvalue weighted by Gasteiger charge is -2.32. The maximum absolute atomic E-state index is 13.0. The van der Waals surface area contributed by atoms with E-state index in [1.807, 2.05) is 0 Å². The SMILES string of the molecule is CCOC(=O)N1CCC(Nc2ccc(F)cc2Br)CC1. The number of piperidine rings is 1. The molecule has 0 spiro atoms. The largest absolute Gasteiger partial charge is 0.450 e. The van der Waals surface area contributed by atoms with E-state index in [9.17, 15) is 9.18 Å². The molecule has 1 fully saturated rings. The predicted molar refractivity (Wildman–Crippen MR) is 79.3 cm³/mol. The summed E-state index contributed by atoms with van der Waals surface area (Å²) in [6, 6.07) is 4.87. The Hall–Kier alpha value is -1.30. The van der Waals surface area contributed by atoms with E-state index in [1.54, 1.807) is 17.9 Å². The number of nitrogens with zero attached hydrogens (tertiary/aromatic N) is 1. The van der Waals surface area contributed by atoms with Crippen molar-refractivity contribution >= 4 is 27.7 Å². The van der Waals surface area contributed by atoms with Crippen molar-refractivity contribution < 1.29 is 13.9 Å². The average molecular weight is 345 g/mol. The first-order valence-corrected chi connectivity index (χ1v) is 7.52. The Morgan fingerprint density at radius 2 is 2.20 bits per heavy atom. The molecule has 0 radical (unpaired) electrons. The molecular formula is C14H18BrFN2O2. The Labute approximate surface area is 126 Å². The number of benzene rings is 1. The van der Waals surface area contributed by atoms with Crippen LogP contribution < -0.4 is 5.32 Å². The number of nitrogens with one attached hydrogen (secondary N) is 1. The third kappa shape index (κ3) is 3.85. The molecule has 1 heterocycles. The average Bonchev–Trinajstić information content (AvgIpc) is 2.43. The van der Waals surface area contributed by atoms with E-state index in [-0.39, 0.29) is 18.0 Å². The summed E-state index contributed by atoms with van der Waals surface area (Å²) in [6.07, 6.45) is 1.46. The van der Waals surface area contributed by atoms with Gasteiger partial charge in [0.2, 0.25) is 0 Å². The van der Waals surface area contributed by atoms with Crippen molar-refractivity contribution in [1.82, 2.24) is 4.90 Å². The molecule has 2 rings (SSSR count). The maximum atomic E-state index is 13.0. The van der Waals surface area contributed by atoms with Crippen LogP contribution in [-0.4, -0.2) is 36.7 Å². The van der Waals surface area contributed by atoms with Gasteiger partial charge in [-0.3, -0.25) is 0 Å². The molecular weight excluding hydrogens is 327 g/mol. The summed E-state index contributed by atoms with van der Waals surface area (Å²) in [7, 11) is 0. The molecule has 4 nitrogen and oxygen atoms in total. The quantitative estimate of drug-likeness (QED) is 0.910.